The summed E-state index contributed by atoms with van der Waals surface area (Å²) in [6.45, 7) is 0.534. The largest absolute Gasteiger partial charge is 0.497 e. The third-order valence-electron chi connectivity index (χ3n) is 4.64. The molecule has 2 aromatic carbocycles. The van der Waals surface area contributed by atoms with E-state index in [9.17, 15) is 13.2 Å². The van der Waals surface area contributed by atoms with Crippen molar-refractivity contribution in [2.24, 2.45) is 5.92 Å². The highest BCUT2D eigenvalue weighted by Crippen LogP contribution is 2.28. The van der Waals surface area contributed by atoms with Crippen LogP contribution in [0.2, 0.25) is 5.02 Å². The Kier molecular flexibility index (Phi) is 6.65. The van der Waals surface area contributed by atoms with Crippen molar-refractivity contribution in [3.63, 3.8) is 0 Å². The predicted octanol–water partition coefficient (Wildman–Crippen LogP) is 4.15. The van der Waals surface area contributed by atoms with Gasteiger partial charge in [0.25, 0.3) is 0 Å². The second-order valence-corrected chi connectivity index (χ2v) is 9.70. The smallest absolute Gasteiger partial charge is 0.243 e. The Morgan fingerprint density at radius 2 is 1.96 bits per heavy atom. The minimum absolute atomic E-state index is 0.143. The second-order valence-electron chi connectivity index (χ2n) is 6.50. The Balaban J connectivity index is 1.71. The number of methoxy groups -OCH3 is 1. The first-order valence-electron chi connectivity index (χ1n) is 8.71. The average molecular weight is 488 g/mol. The Bertz CT molecular complexity index is 966. The summed E-state index contributed by atoms with van der Waals surface area (Å²) in [5.74, 6) is -0.0553. The van der Waals surface area contributed by atoms with E-state index in [1.807, 2.05) is 0 Å². The van der Waals surface area contributed by atoms with Crippen LogP contribution >= 0.6 is 27.5 Å². The van der Waals surface area contributed by atoms with Gasteiger partial charge in [-0.2, -0.15) is 4.31 Å². The lowest BCUT2D eigenvalue weighted by Gasteiger charge is -2.31. The maximum absolute atomic E-state index is 12.9. The average Bonchev–Trinajstić information content (AvgIpc) is 2.71. The Morgan fingerprint density at radius 1 is 1.25 bits per heavy atom. The minimum atomic E-state index is -3.67. The summed E-state index contributed by atoms with van der Waals surface area (Å²) in [6.07, 6.45) is 1.25. The van der Waals surface area contributed by atoms with Gasteiger partial charge in [-0.3, -0.25) is 4.79 Å². The van der Waals surface area contributed by atoms with Crippen molar-refractivity contribution in [3.8, 4) is 5.75 Å². The zero-order valence-electron chi connectivity index (χ0n) is 15.2. The molecule has 150 valence electrons. The van der Waals surface area contributed by atoms with E-state index in [2.05, 4.69) is 21.2 Å². The lowest BCUT2D eigenvalue weighted by atomic mass is 9.99. The van der Waals surface area contributed by atoms with Gasteiger partial charge in [0.1, 0.15) is 5.75 Å². The van der Waals surface area contributed by atoms with E-state index in [4.69, 9.17) is 16.3 Å². The molecular weight excluding hydrogens is 468 g/mol. The van der Waals surface area contributed by atoms with Crippen LogP contribution < -0.4 is 10.1 Å². The summed E-state index contributed by atoms with van der Waals surface area (Å²) in [7, 11) is -2.14. The van der Waals surface area contributed by atoms with Gasteiger partial charge in [0, 0.05) is 23.2 Å². The van der Waals surface area contributed by atoms with E-state index in [1.165, 1.54) is 23.5 Å². The molecule has 0 spiro atoms. The number of piperidine rings is 1. The lowest BCUT2D eigenvalue weighted by Crippen LogP contribution is -2.43. The molecule has 1 fully saturated rings. The van der Waals surface area contributed by atoms with Crippen molar-refractivity contribution < 1.29 is 17.9 Å². The molecule has 1 heterocycles. The molecule has 1 N–H and O–H groups in total. The number of halogens is 2. The molecule has 6 nitrogen and oxygen atoms in total. The number of carbonyl (C=O) groups excluding carboxylic acids is 1. The van der Waals surface area contributed by atoms with Crippen LogP contribution in [0.4, 0.5) is 5.69 Å². The van der Waals surface area contributed by atoms with Crippen LogP contribution in [0.15, 0.2) is 51.8 Å². The first-order valence-corrected chi connectivity index (χ1v) is 11.3. The Labute approximate surface area is 178 Å². The fourth-order valence-corrected chi connectivity index (χ4v) is 5.04. The molecule has 0 radical (unpaired) electrons. The molecule has 1 aliphatic heterocycles. The zero-order chi connectivity index (χ0) is 20.3. The molecule has 1 unspecified atom stereocenters. The van der Waals surface area contributed by atoms with Gasteiger partial charge in [-0.25, -0.2) is 8.42 Å². The van der Waals surface area contributed by atoms with Crippen molar-refractivity contribution >= 4 is 49.1 Å². The normalized spacial score (nSPS) is 17.9. The van der Waals surface area contributed by atoms with Crippen molar-refractivity contribution in [2.75, 3.05) is 25.5 Å². The molecular formula is C19H20BrClN2O4S. The van der Waals surface area contributed by atoms with E-state index < -0.39 is 15.9 Å². The van der Waals surface area contributed by atoms with Gasteiger partial charge in [-0.15, -0.1) is 0 Å². The van der Waals surface area contributed by atoms with E-state index in [1.54, 1.807) is 30.3 Å². The predicted molar refractivity (Wildman–Crippen MR) is 112 cm³/mol. The van der Waals surface area contributed by atoms with Crippen molar-refractivity contribution in [3.05, 3.63) is 52.0 Å². The van der Waals surface area contributed by atoms with Crippen molar-refractivity contribution in [2.45, 2.75) is 17.7 Å². The molecule has 2 aromatic rings. The van der Waals surface area contributed by atoms with E-state index >= 15 is 0 Å². The van der Waals surface area contributed by atoms with Crippen LogP contribution in [0.1, 0.15) is 12.8 Å². The molecule has 0 aliphatic carbocycles. The van der Waals surface area contributed by atoms with Gasteiger partial charge in [0.05, 0.1) is 22.9 Å². The number of nitrogens with one attached hydrogen (secondary N) is 1. The molecule has 0 saturated carbocycles. The molecule has 9 heteroatoms. The molecule has 0 bridgehead atoms. The molecule has 3 rings (SSSR count). The number of hydrogen-bond acceptors (Lipinski definition) is 4. The molecule has 1 amide bonds. The Morgan fingerprint density at radius 3 is 2.61 bits per heavy atom. The molecule has 0 aromatic heterocycles. The van der Waals surface area contributed by atoms with Crippen molar-refractivity contribution in [1.82, 2.24) is 4.31 Å². The maximum Gasteiger partial charge on any atom is 0.243 e. The van der Waals surface area contributed by atoms with Gasteiger partial charge < -0.3 is 10.1 Å². The number of amides is 1. The first kappa shape index (κ1) is 21.1. The van der Waals surface area contributed by atoms with E-state index in [0.29, 0.717) is 35.8 Å². The van der Waals surface area contributed by atoms with Crippen LogP contribution in [0.25, 0.3) is 0 Å². The fourth-order valence-electron chi connectivity index (χ4n) is 3.09. The fraction of sp³-hybridized carbons (Fsp3) is 0.316. The number of nitrogens with zero attached hydrogens (tertiary/aromatic N) is 1. The number of sulfonamides is 1. The minimum Gasteiger partial charge on any atom is -0.497 e. The summed E-state index contributed by atoms with van der Waals surface area (Å²) in [4.78, 5) is 12.8. The monoisotopic (exact) mass is 486 g/mol. The summed E-state index contributed by atoms with van der Waals surface area (Å²) in [5.41, 5.74) is 0.577. The van der Waals surface area contributed by atoms with E-state index in [-0.39, 0.29) is 17.3 Å². The van der Waals surface area contributed by atoms with Crippen LogP contribution in [0.5, 0.6) is 5.75 Å². The highest BCUT2D eigenvalue weighted by Gasteiger charge is 2.33. The molecule has 1 saturated heterocycles. The first-order chi connectivity index (χ1) is 13.3. The van der Waals surface area contributed by atoms with E-state index in [0.717, 1.165) is 4.47 Å². The number of hydrogen-bond donors (Lipinski definition) is 1. The summed E-state index contributed by atoms with van der Waals surface area (Å²) >= 11 is 9.37. The lowest BCUT2D eigenvalue weighted by molar-refractivity contribution is -0.120. The Hall–Kier alpha value is -1.61. The quantitative estimate of drug-likeness (QED) is 0.687. The number of rotatable bonds is 5. The number of benzene rings is 2. The van der Waals surface area contributed by atoms with Gasteiger partial charge in [0.15, 0.2) is 0 Å². The van der Waals surface area contributed by atoms with Gasteiger partial charge in [0.2, 0.25) is 15.9 Å². The SMILES string of the molecule is COc1ccc(S(=O)(=O)N2CCCC(C(=O)Nc3ccc(Br)c(Cl)c3)C2)cc1. The standard InChI is InChI=1S/C19H20BrClN2O4S/c1-27-15-5-7-16(8-6-15)28(25,26)23-10-2-3-13(12-23)19(24)22-14-4-9-17(20)18(21)11-14/h4-9,11,13H,2-3,10,12H2,1H3,(H,22,24). The number of ether oxygens (including phenoxy) is 1. The third-order valence-corrected chi connectivity index (χ3v) is 7.75. The highest BCUT2D eigenvalue weighted by molar-refractivity contribution is 9.10. The molecule has 1 aliphatic rings. The summed E-state index contributed by atoms with van der Waals surface area (Å²) in [5, 5.41) is 3.32. The van der Waals surface area contributed by atoms with Crippen LogP contribution in [-0.4, -0.2) is 38.8 Å². The number of carbonyl (C=O) groups is 1. The van der Waals surface area contributed by atoms with Crippen molar-refractivity contribution in [1.29, 1.82) is 0 Å². The third kappa shape index (κ3) is 4.68. The van der Waals surface area contributed by atoms with Gasteiger partial charge >= 0.3 is 0 Å². The van der Waals surface area contributed by atoms with Crippen LogP contribution in [0, 0.1) is 5.92 Å². The maximum atomic E-state index is 12.9. The van der Waals surface area contributed by atoms with Crippen LogP contribution in [0.3, 0.4) is 0 Å². The summed E-state index contributed by atoms with van der Waals surface area (Å²) in [6, 6.07) is 11.4. The van der Waals surface area contributed by atoms with Gasteiger partial charge in [-0.05, 0) is 71.2 Å². The summed E-state index contributed by atoms with van der Waals surface area (Å²) < 4.78 is 33.0. The highest BCUT2D eigenvalue weighted by atomic mass is 79.9. The molecule has 28 heavy (non-hydrogen) atoms. The number of anilines is 1. The zero-order valence-corrected chi connectivity index (χ0v) is 18.4. The second kappa shape index (κ2) is 8.82. The van der Waals surface area contributed by atoms with Crippen LogP contribution in [-0.2, 0) is 14.8 Å². The topological polar surface area (TPSA) is 75.7 Å². The van der Waals surface area contributed by atoms with Gasteiger partial charge in [-0.1, -0.05) is 11.6 Å². The molecule has 1 atom stereocenters.